The normalized spacial score (nSPS) is 15.6. The molecule has 0 spiro atoms. The summed E-state index contributed by atoms with van der Waals surface area (Å²) in [6, 6.07) is 19.0. The zero-order chi connectivity index (χ0) is 24.4. The summed E-state index contributed by atoms with van der Waals surface area (Å²) >= 11 is 6.21. The molecule has 1 heterocycles. The minimum atomic E-state index is -0.428. The van der Waals surface area contributed by atoms with Crippen molar-refractivity contribution < 1.29 is 14.3 Å². The number of nitrogens with zero attached hydrogens (tertiary/aromatic N) is 1. The van der Waals surface area contributed by atoms with Gasteiger partial charge < -0.3 is 15.0 Å². The van der Waals surface area contributed by atoms with E-state index in [-0.39, 0.29) is 18.2 Å². The summed E-state index contributed by atoms with van der Waals surface area (Å²) in [4.78, 5) is 27.1. The monoisotopic (exact) mass is 476 g/mol. The molecule has 1 aliphatic heterocycles. The van der Waals surface area contributed by atoms with Crippen LogP contribution >= 0.6 is 11.6 Å². The van der Waals surface area contributed by atoms with E-state index in [0.29, 0.717) is 28.9 Å². The lowest BCUT2D eigenvalue weighted by atomic mass is 10.0. The number of hydrogen-bond acceptors (Lipinski definition) is 3. The number of hydrogen-bond donors (Lipinski definition) is 1. The van der Waals surface area contributed by atoms with Crippen molar-refractivity contribution in [1.29, 1.82) is 0 Å². The molecule has 0 aromatic heterocycles. The molecule has 6 heteroatoms. The fourth-order valence-electron chi connectivity index (χ4n) is 4.19. The topological polar surface area (TPSA) is 58.6 Å². The van der Waals surface area contributed by atoms with Gasteiger partial charge in [0.2, 0.25) is 11.8 Å². The van der Waals surface area contributed by atoms with Gasteiger partial charge in [-0.05, 0) is 78.9 Å². The van der Waals surface area contributed by atoms with Gasteiger partial charge >= 0.3 is 0 Å². The molecule has 2 amide bonds. The summed E-state index contributed by atoms with van der Waals surface area (Å²) in [5.41, 5.74) is 4.54. The molecule has 176 valence electrons. The summed E-state index contributed by atoms with van der Waals surface area (Å²) in [5, 5.41) is 3.54. The lowest BCUT2D eigenvalue weighted by Crippen LogP contribution is -2.28. The van der Waals surface area contributed by atoms with Crippen molar-refractivity contribution in [1.82, 2.24) is 0 Å². The van der Waals surface area contributed by atoms with Crippen LogP contribution in [0.25, 0.3) is 0 Å². The third-order valence-corrected chi connectivity index (χ3v) is 6.58. The lowest BCUT2D eigenvalue weighted by Gasteiger charge is -2.19. The molecule has 0 radical (unpaired) electrons. The van der Waals surface area contributed by atoms with E-state index in [4.69, 9.17) is 16.3 Å². The molecule has 0 saturated carbocycles. The fraction of sp³-hybridized carbons (Fsp3) is 0.286. The molecular formula is C28H29ClN2O3. The Balaban J connectivity index is 1.41. The highest BCUT2D eigenvalue weighted by Crippen LogP contribution is 2.33. The molecule has 1 atom stereocenters. The predicted molar refractivity (Wildman–Crippen MR) is 137 cm³/mol. The van der Waals surface area contributed by atoms with Crippen LogP contribution in [-0.4, -0.2) is 18.4 Å². The molecule has 4 rings (SSSR count). The highest BCUT2D eigenvalue weighted by Gasteiger charge is 2.35. The van der Waals surface area contributed by atoms with Crippen LogP contribution in [0, 0.1) is 19.8 Å². The van der Waals surface area contributed by atoms with Gasteiger partial charge in [0.05, 0.1) is 5.92 Å². The molecule has 0 aliphatic carbocycles. The van der Waals surface area contributed by atoms with E-state index < -0.39 is 5.92 Å². The minimum Gasteiger partial charge on any atom is -0.457 e. The molecule has 0 bridgehead atoms. The molecule has 3 aromatic carbocycles. The van der Waals surface area contributed by atoms with Crippen LogP contribution in [0.2, 0.25) is 5.02 Å². The van der Waals surface area contributed by atoms with Gasteiger partial charge in [0.1, 0.15) is 11.5 Å². The van der Waals surface area contributed by atoms with Crippen molar-refractivity contribution >= 4 is 34.8 Å². The Hall–Kier alpha value is -3.31. The van der Waals surface area contributed by atoms with Gasteiger partial charge in [-0.15, -0.1) is 0 Å². The van der Waals surface area contributed by atoms with Crippen LogP contribution in [0.5, 0.6) is 11.5 Å². The summed E-state index contributed by atoms with van der Waals surface area (Å²) < 4.78 is 6.13. The first-order valence-corrected chi connectivity index (χ1v) is 11.9. The van der Waals surface area contributed by atoms with Gasteiger partial charge in [0.25, 0.3) is 0 Å². The standard InChI is InChI=1S/C28H29ClN2O3/c1-17(2)23-13-8-18(3)14-26(23)34-22-11-9-21(10-12-22)30-28(33)20-15-27(32)31(16-20)25-7-5-6-24(29)19(25)4/h5-14,17,20H,15-16H2,1-4H3,(H,30,33)/t20-/m0/s1. The number of carbonyl (C=O) groups is 2. The largest absolute Gasteiger partial charge is 0.457 e. The highest BCUT2D eigenvalue weighted by molar-refractivity contribution is 6.31. The average molecular weight is 477 g/mol. The van der Waals surface area contributed by atoms with E-state index in [0.717, 1.165) is 28.1 Å². The Morgan fingerprint density at radius 3 is 2.53 bits per heavy atom. The number of halogens is 1. The third kappa shape index (κ3) is 5.10. The quantitative estimate of drug-likeness (QED) is 0.422. The predicted octanol–water partition coefficient (Wildman–Crippen LogP) is 6.86. The van der Waals surface area contributed by atoms with Crippen molar-refractivity contribution in [2.75, 3.05) is 16.8 Å². The summed E-state index contributed by atoms with van der Waals surface area (Å²) in [7, 11) is 0. The fourth-order valence-corrected chi connectivity index (χ4v) is 4.36. The number of benzene rings is 3. The summed E-state index contributed by atoms with van der Waals surface area (Å²) in [6.07, 6.45) is 0.171. The Morgan fingerprint density at radius 1 is 1.09 bits per heavy atom. The maximum Gasteiger partial charge on any atom is 0.229 e. The number of carbonyl (C=O) groups excluding carboxylic acids is 2. The third-order valence-electron chi connectivity index (χ3n) is 6.17. The Morgan fingerprint density at radius 2 is 1.82 bits per heavy atom. The van der Waals surface area contributed by atoms with Gasteiger partial charge in [-0.3, -0.25) is 9.59 Å². The molecule has 5 nitrogen and oxygen atoms in total. The van der Waals surface area contributed by atoms with E-state index in [1.54, 1.807) is 11.0 Å². The second-order valence-corrected chi connectivity index (χ2v) is 9.51. The van der Waals surface area contributed by atoms with Gasteiger partial charge in [0.15, 0.2) is 0 Å². The van der Waals surface area contributed by atoms with E-state index in [9.17, 15) is 9.59 Å². The number of aryl methyl sites for hydroxylation is 1. The maximum absolute atomic E-state index is 12.9. The molecule has 34 heavy (non-hydrogen) atoms. The molecule has 1 saturated heterocycles. The minimum absolute atomic E-state index is 0.0756. The van der Waals surface area contributed by atoms with Crippen molar-refractivity contribution in [3.63, 3.8) is 0 Å². The Labute approximate surface area is 205 Å². The highest BCUT2D eigenvalue weighted by atomic mass is 35.5. The van der Waals surface area contributed by atoms with E-state index in [1.807, 2.05) is 56.3 Å². The van der Waals surface area contributed by atoms with Gasteiger partial charge in [-0.25, -0.2) is 0 Å². The first kappa shape index (κ1) is 23.8. The number of amides is 2. The second-order valence-electron chi connectivity index (χ2n) is 9.10. The average Bonchev–Trinajstić information content (AvgIpc) is 3.18. The molecule has 1 aliphatic rings. The van der Waals surface area contributed by atoms with Gasteiger partial charge in [0, 0.05) is 29.4 Å². The van der Waals surface area contributed by atoms with Crippen molar-refractivity contribution in [2.24, 2.45) is 5.92 Å². The van der Waals surface area contributed by atoms with Crippen LogP contribution in [0.4, 0.5) is 11.4 Å². The molecule has 1 N–H and O–H groups in total. The zero-order valence-corrected chi connectivity index (χ0v) is 20.6. The van der Waals surface area contributed by atoms with E-state index in [2.05, 4.69) is 31.3 Å². The molecule has 3 aromatic rings. The first-order valence-electron chi connectivity index (χ1n) is 11.5. The number of anilines is 2. The summed E-state index contributed by atoms with van der Waals surface area (Å²) in [6.45, 7) is 8.52. The van der Waals surface area contributed by atoms with Crippen LogP contribution < -0.4 is 15.0 Å². The number of nitrogens with one attached hydrogen (secondary N) is 1. The Kier molecular flexibility index (Phi) is 6.94. The van der Waals surface area contributed by atoms with Crippen LogP contribution in [0.15, 0.2) is 60.7 Å². The smallest absolute Gasteiger partial charge is 0.229 e. The van der Waals surface area contributed by atoms with Crippen molar-refractivity contribution in [2.45, 2.75) is 40.0 Å². The molecule has 0 unspecified atom stereocenters. The number of rotatable bonds is 6. The molecule has 1 fully saturated rings. The first-order chi connectivity index (χ1) is 16.2. The van der Waals surface area contributed by atoms with Gasteiger partial charge in [-0.1, -0.05) is 43.6 Å². The van der Waals surface area contributed by atoms with Crippen LogP contribution in [-0.2, 0) is 9.59 Å². The van der Waals surface area contributed by atoms with Gasteiger partial charge in [-0.2, -0.15) is 0 Å². The van der Waals surface area contributed by atoms with Crippen molar-refractivity contribution in [3.8, 4) is 11.5 Å². The molecular weight excluding hydrogens is 448 g/mol. The van der Waals surface area contributed by atoms with Crippen LogP contribution in [0.1, 0.15) is 42.9 Å². The van der Waals surface area contributed by atoms with Crippen LogP contribution in [0.3, 0.4) is 0 Å². The summed E-state index contributed by atoms with van der Waals surface area (Å²) in [5.74, 6) is 1.21. The number of ether oxygens (including phenoxy) is 1. The lowest BCUT2D eigenvalue weighted by molar-refractivity contribution is -0.122. The van der Waals surface area contributed by atoms with E-state index >= 15 is 0 Å². The zero-order valence-electron chi connectivity index (χ0n) is 19.9. The van der Waals surface area contributed by atoms with Crippen molar-refractivity contribution in [3.05, 3.63) is 82.4 Å². The Bertz CT molecular complexity index is 1220. The second kappa shape index (κ2) is 9.90. The SMILES string of the molecule is Cc1ccc(C(C)C)c(Oc2ccc(NC(=O)[C@H]3CC(=O)N(c4cccc(Cl)c4C)C3)cc2)c1. The maximum atomic E-state index is 12.9. The van der Waals surface area contributed by atoms with E-state index in [1.165, 1.54) is 0 Å².